The summed E-state index contributed by atoms with van der Waals surface area (Å²) >= 11 is 0. The van der Waals surface area contributed by atoms with E-state index < -0.39 is 23.3 Å². The molecule has 2 aromatic carbocycles. The molecule has 0 amide bonds. The van der Waals surface area contributed by atoms with Crippen LogP contribution in [-0.2, 0) is 0 Å². The molecule has 0 radical (unpaired) electrons. The Balaban J connectivity index is 1.97. The lowest BCUT2D eigenvalue weighted by atomic mass is 9.79. The molecule has 2 aromatic rings. The number of hydrogen-bond acceptors (Lipinski definition) is 1. The molecule has 3 rings (SSSR count). The number of hydrogen-bond donors (Lipinski definition) is 0. The van der Waals surface area contributed by atoms with Crippen molar-refractivity contribution >= 4 is 0 Å². The van der Waals surface area contributed by atoms with Crippen LogP contribution in [0.5, 0.6) is 5.75 Å². The molecule has 26 heavy (non-hydrogen) atoms. The summed E-state index contributed by atoms with van der Waals surface area (Å²) in [7, 11) is 0. The first-order chi connectivity index (χ1) is 12.4. The van der Waals surface area contributed by atoms with Gasteiger partial charge in [-0.3, -0.25) is 0 Å². The van der Waals surface area contributed by atoms with Crippen molar-refractivity contribution in [3.63, 3.8) is 0 Å². The molecule has 0 unspecified atom stereocenters. The second-order valence-corrected chi connectivity index (χ2v) is 6.96. The Labute approximate surface area is 151 Å². The Morgan fingerprint density at radius 3 is 2.00 bits per heavy atom. The Bertz CT molecular complexity index is 795. The minimum Gasteiger partial charge on any atom is -0.491 e. The Morgan fingerprint density at radius 1 is 0.808 bits per heavy atom. The van der Waals surface area contributed by atoms with Crippen molar-refractivity contribution < 1.29 is 22.3 Å². The van der Waals surface area contributed by atoms with Gasteiger partial charge in [0.05, 0.1) is 6.61 Å². The lowest BCUT2D eigenvalue weighted by Crippen LogP contribution is -2.13. The molecule has 1 nitrogen and oxygen atoms in total. The maximum absolute atomic E-state index is 14.6. The predicted molar refractivity (Wildman–Crippen MR) is 93.3 cm³/mol. The highest BCUT2D eigenvalue weighted by atomic mass is 19.2. The van der Waals surface area contributed by atoms with E-state index in [-0.39, 0.29) is 29.4 Å². The van der Waals surface area contributed by atoms with E-state index in [1.54, 1.807) is 6.92 Å². The van der Waals surface area contributed by atoms with Crippen LogP contribution >= 0.6 is 0 Å². The highest BCUT2D eigenvalue weighted by Gasteiger charge is 2.26. The van der Waals surface area contributed by atoms with Gasteiger partial charge in [0.1, 0.15) is 0 Å². The van der Waals surface area contributed by atoms with Crippen LogP contribution in [0.1, 0.15) is 51.0 Å². The van der Waals surface area contributed by atoms with E-state index >= 15 is 0 Å². The third-order valence-electron chi connectivity index (χ3n) is 5.20. The van der Waals surface area contributed by atoms with Crippen molar-refractivity contribution in [3.8, 4) is 16.9 Å². The largest absolute Gasteiger partial charge is 0.491 e. The first kappa shape index (κ1) is 18.7. The van der Waals surface area contributed by atoms with Gasteiger partial charge in [0.25, 0.3) is 0 Å². The molecular weight excluding hydrogens is 344 g/mol. The second-order valence-electron chi connectivity index (χ2n) is 6.96. The first-order valence-corrected chi connectivity index (χ1v) is 9.03. The summed E-state index contributed by atoms with van der Waals surface area (Å²) < 4.78 is 62.7. The summed E-state index contributed by atoms with van der Waals surface area (Å²) in [4.78, 5) is 0. The van der Waals surface area contributed by atoms with Crippen molar-refractivity contribution in [2.45, 2.75) is 45.4 Å². The van der Waals surface area contributed by atoms with Crippen LogP contribution in [0.4, 0.5) is 17.6 Å². The highest BCUT2D eigenvalue weighted by Crippen LogP contribution is 2.39. The standard InChI is InChI=1S/C21H22F4O/c1-3-26-17-11-10-16(20(24)21(17)25)15-9-8-14(18(22)19(15)23)13-6-4-12(2)5-7-13/h8-13H,3-7H2,1-2H3. The normalized spacial score (nSPS) is 20.2. The molecule has 140 valence electrons. The molecule has 0 N–H and O–H groups in total. The maximum atomic E-state index is 14.6. The van der Waals surface area contributed by atoms with Gasteiger partial charge in [-0.2, -0.15) is 4.39 Å². The van der Waals surface area contributed by atoms with Crippen molar-refractivity contribution in [1.29, 1.82) is 0 Å². The van der Waals surface area contributed by atoms with E-state index in [1.807, 2.05) is 0 Å². The molecule has 0 saturated heterocycles. The van der Waals surface area contributed by atoms with Crippen molar-refractivity contribution in [2.75, 3.05) is 6.61 Å². The molecule has 1 aliphatic rings. The number of rotatable bonds is 4. The summed E-state index contributed by atoms with van der Waals surface area (Å²) in [6.45, 7) is 3.97. The maximum Gasteiger partial charge on any atom is 0.201 e. The molecule has 0 aromatic heterocycles. The van der Waals surface area contributed by atoms with Crippen LogP contribution < -0.4 is 4.74 Å². The van der Waals surface area contributed by atoms with E-state index in [0.29, 0.717) is 11.5 Å². The lowest BCUT2D eigenvalue weighted by Gasteiger charge is -2.27. The average Bonchev–Trinajstić information content (AvgIpc) is 2.63. The topological polar surface area (TPSA) is 9.23 Å². The van der Waals surface area contributed by atoms with E-state index in [0.717, 1.165) is 25.7 Å². The third kappa shape index (κ3) is 3.44. The number of ether oxygens (including phenoxy) is 1. The molecule has 0 aliphatic heterocycles. The van der Waals surface area contributed by atoms with Crippen LogP contribution in [-0.4, -0.2) is 6.61 Å². The number of halogens is 4. The summed E-state index contributed by atoms with van der Waals surface area (Å²) in [5.74, 6) is -4.22. The zero-order chi connectivity index (χ0) is 18.8. The molecule has 0 atom stereocenters. The van der Waals surface area contributed by atoms with Crippen molar-refractivity contribution in [1.82, 2.24) is 0 Å². The first-order valence-electron chi connectivity index (χ1n) is 9.03. The second kappa shape index (κ2) is 7.68. The molecule has 0 heterocycles. The van der Waals surface area contributed by atoms with Crippen LogP contribution in [0, 0.1) is 29.2 Å². The molecular formula is C21H22F4O. The van der Waals surface area contributed by atoms with Crippen molar-refractivity contribution in [3.05, 3.63) is 53.1 Å². The molecule has 1 fully saturated rings. The minimum absolute atomic E-state index is 0.0309. The van der Waals surface area contributed by atoms with E-state index in [4.69, 9.17) is 4.74 Å². The average molecular weight is 366 g/mol. The fraction of sp³-hybridized carbons (Fsp3) is 0.429. The van der Waals surface area contributed by atoms with Crippen LogP contribution in [0.15, 0.2) is 24.3 Å². The van der Waals surface area contributed by atoms with Crippen molar-refractivity contribution in [2.24, 2.45) is 5.92 Å². The monoisotopic (exact) mass is 366 g/mol. The summed E-state index contributed by atoms with van der Waals surface area (Å²) in [5.41, 5.74) is -0.272. The summed E-state index contributed by atoms with van der Waals surface area (Å²) in [6, 6.07) is 5.28. The van der Waals surface area contributed by atoms with Crippen LogP contribution in [0.25, 0.3) is 11.1 Å². The van der Waals surface area contributed by atoms with Gasteiger partial charge >= 0.3 is 0 Å². The van der Waals surface area contributed by atoms with Gasteiger partial charge in [-0.1, -0.05) is 31.9 Å². The fourth-order valence-electron chi connectivity index (χ4n) is 3.67. The Hall–Kier alpha value is -2.04. The van der Waals surface area contributed by atoms with Gasteiger partial charge in [-0.15, -0.1) is 0 Å². The zero-order valence-electron chi connectivity index (χ0n) is 14.9. The summed E-state index contributed by atoms with van der Waals surface area (Å²) in [6.07, 6.45) is 3.57. The van der Waals surface area contributed by atoms with Crippen LogP contribution in [0.3, 0.4) is 0 Å². The van der Waals surface area contributed by atoms with Gasteiger partial charge in [0.2, 0.25) is 5.82 Å². The van der Waals surface area contributed by atoms with Gasteiger partial charge in [-0.05, 0) is 49.3 Å². The SMILES string of the molecule is CCOc1ccc(-c2ccc(C3CCC(C)CC3)c(F)c2F)c(F)c1F. The smallest absolute Gasteiger partial charge is 0.201 e. The zero-order valence-corrected chi connectivity index (χ0v) is 14.9. The highest BCUT2D eigenvalue weighted by molar-refractivity contribution is 5.66. The number of benzene rings is 2. The van der Waals surface area contributed by atoms with E-state index in [2.05, 4.69) is 6.92 Å². The van der Waals surface area contributed by atoms with Crippen LogP contribution in [0.2, 0.25) is 0 Å². The quantitative estimate of drug-likeness (QED) is 0.554. The van der Waals surface area contributed by atoms with Gasteiger partial charge < -0.3 is 4.74 Å². The molecule has 1 aliphatic carbocycles. The molecule has 1 saturated carbocycles. The molecule has 0 bridgehead atoms. The van der Waals surface area contributed by atoms with Gasteiger partial charge in [0.15, 0.2) is 23.2 Å². The lowest BCUT2D eigenvalue weighted by molar-refractivity contribution is 0.314. The fourth-order valence-corrected chi connectivity index (χ4v) is 3.67. The Kier molecular flexibility index (Phi) is 5.54. The predicted octanol–water partition coefficient (Wildman–Crippen LogP) is 6.60. The summed E-state index contributed by atoms with van der Waals surface area (Å²) in [5, 5.41) is 0. The Morgan fingerprint density at radius 2 is 1.38 bits per heavy atom. The molecule has 5 heteroatoms. The third-order valence-corrected chi connectivity index (χ3v) is 5.20. The minimum atomic E-state index is -1.24. The van der Waals surface area contributed by atoms with E-state index in [9.17, 15) is 17.6 Å². The van der Waals surface area contributed by atoms with Gasteiger partial charge in [-0.25, -0.2) is 13.2 Å². The molecule has 0 spiro atoms. The van der Waals surface area contributed by atoms with E-state index in [1.165, 1.54) is 24.3 Å². The van der Waals surface area contributed by atoms with Gasteiger partial charge in [0, 0.05) is 11.1 Å².